The van der Waals surface area contributed by atoms with Crippen molar-refractivity contribution in [2.24, 2.45) is 0 Å². The summed E-state index contributed by atoms with van der Waals surface area (Å²) < 4.78 is 5.28. The Hall–Kier alpha value is -1.78. The van der Waals surface area contributed by atoms with Crippen molar-refractivity contribution in [2.75, 3.05) is 12.4 Å². The molecule has 102 valence electrons. The maximum absolute atomic E-state index is 5.28. The van der Waals surface area contributed by atoms with Crippen LogP contribution in [0.25, 0.3) is 0 Å². The molecule has 4 heteroatoms. The van der Waals surface area contributed by atoms with Crippen LogP contribution in [-0.4, -0.2) is 7.11 Å². The van der Waals surface area contributed by atoms with Crippen LogP contribution in [0.2, 0.25) is 0 Å². The van der Waals surface area contributed by atoms with Gasteiger partial charge in [0, 0.05) is 21.5 Å². The predicted octanol–water partition coefficient (Wildman–Crippen LogP) is 5.02. The van der Waals surface area contributed by atoms with E-state index in [2.05, 4.69) is 46.4 Å². The number of hydrogen-bond acceptors (Lipinski definition) is 4. The molecular weight excluding hydrogens is 286 g/mol. The predicted molar refractivity (Wildman–Crippen MR) is 87.1 cm³/mol. The van der Waals surface area contributed by atoms with E-state index in [0.29, 0.717) is 0 Å². The number of thiophene rings is 2. The highest BCUT2D eigenvalue weighted by molar-refractivity contribution is 7.11. The highest BCUT2D eigenvalue weighted by Gasteiger charge is 2.16. The maximum atomic E-state index is 5.28. The van der Waals surface area contributed by atoms with E-state index < -0.39 is 0 Å². The van der Waals surface area contributed by atoms with Gasteiger partial charge in [-0.1, -0.05) is 18.2 Å². The second-order valence-electron chi connectivity index (χ2n) is 4.34. The fraction of sp³-hybridized carbons (Fsp3) is 0.125. The molecular formula is C16H15NOS2. The summed E-state index contributed by atoms with van der Waals surface area (Å²) in [5.74, 6) is 0.867. The first kappa shape index (κ1) is 13.2. The minimum absolute atomic E-state index is 0.196. The van der Waals surface area contributed by atoms with Gasteiger partial charge in [-0.25, -0.2) is 0 Å². The van der Waals surface area contributed by atoms with Crippen molar-refractivity contribution in [1.29, 1.82) is 0 Å². The second kappa shape index (κ2) is 6.11. The first-order valence-corrected chi connectivity index (χ1v) is 8.10. The van der Waals surface area contributed by atoms with E-state index in [4.69, 9.17) is 4.74 Å². The first-order chi connectivity index (χ1) is 9.86. The van der Waals surface area contributed by atoms with Crippen LogP contribution in [0.1, 0.15) is 15.8 Å². The Balaban J connectivity index is 1.90. The second-order valence-corrected chi connectivity index (χ2v) is 6.30. The molecule has 1 N–H and O–H groups in total. The van der Waals surface area contributed by atoms with Gasteiger partial charge in [-0.2, -0.15) is 0 Å². The molecule has 0 amide bonds. The SMILES string of the molecule is COc1cccc(NC(c2cccs2)c2cccs2)c1. The van der Waals surface area contributed by atoms with Crippen LogP contribution in [0.5, 0.6) is 5.75 Å². The maximum Gasteiger partial charge on any atom is 0.120 e. The monoisotopic (exact) mass is 301 g/mol. The highest BCUT2D eigenvalue weighted by Crippen LogP contribution is 2.33. The van der Waals surface area contributed by atoms with E-state index in [-0.39, 0.29) is 6.04 Å². The number of ether oxygens (including phenoxy) is 1. The molecule has 0 aliphatic rings. The third kappa shape index (κ3) is 2.86. The Morgan fingerprint density at radius 1 is 0.950 bits per heavy atom. The Labute approximate surface area is 126 Å². The van der Waals surface area contributed by atoms with Crippen molar-refractivity contribution in [1.82, 2.24) is 0 Å². The Morgan fingerprint density at radius 2 is 1.65 bits per heavy atom. The largest absolute Gasteiger partial charge is 0.497 e. The summed E-state index contributed by atoms with van der Waals surface area (Å²) >= 11 is 3.54. The standard InChI is InChI=1S/C16H15NOS2/c1-18-13-6-2-5-12(11-13)17-16(14-7-3-9-19-14)15-8-4-10-20-15/h2-11,16-17H,1H3. The number of anilines is 1. The van der Waals surface area contributed by atoms with Gasteiger partial charge in [-0.3, -0.25) is 0 Å². The Kier molecular flexibility index (Phi) is 4.04. The molecule has 0 saturated heterocycles. The smallest absolute Gasteiger partial charge is 0.120 e. The van der Waals surface area contributed by atoms with Crippen molar-refractivity contribution in [2.45, 2.75) is 6.04 Å². The number of nitrogens with one attached hydrogen (secondary N) is 1. The molecule has 0 unspecified atom stereocenters. The van der Waals surface area contributed by atoms with Gasteiger partial charge in [0.2, 0.25) is 0 Å². The minimum Gasteiger partial charge on any atom is -0.497 e. The molecule has 0 aliphatic heterocycles. The molecule has 3 rings (SSSR count). The number of methoxy groups -OCH3 is 1. The van der Waals surface area contributed by atoms with E-state index in [1.807, 2.05) is 18.2 Å². The lowest BCUT2D eigenvalue weighted by molar-refractivity contribution is 0.415. The van der Waals surface area contributed by atoms with Crippen LogP contribution >= 0.6 is 22.7 Å². The van der Waals surface area contributed by atoms with Crippen molar-refractivity contribution in [3.63, 3.8) is 0 Å². The summed E-state index contributed by atoms with van der Waals surface area (Å²) in [4.78, 5) is 2.63. The fourth-order valence-electron chi connectivity index (χ4n) is 2.07. The highest BCUT2D eigenvalue weighted by atomic mass is 32.1. The molecule has 0 aliphatic carbocycles. The average molecular weight is 301 g/mol. The lowest BCUT2D eigenvalue weighted by Crippen LogP contribution is -2.09. The van der Waals surface area contributed by atoms with Gasteiger partial charge < -0.3 is 10.1 Å². The lowest BCUT2D eigenvalue weighted by atomic mass is 10.2. The summed E-state index contributed by atoms with van der Waals surface area (Å²) in [7, 11) is 1.69. The molecule has 3 aromatic rings. The van der Waals surface area contributed by atoms with Gasteiger partial charge in [0.05, 0.1) is 13.2 Å². The number of rotatable bonds is 5. The van der Waals surface area contributed by atoms with Gasteiger partial charge in [-0.15, -0.1) is 22.7 Å². The quantitative estimate of drug-likeness (QED) is 0.714. The molecule has 0 radical (unpaired) electrons. The van der Waals surface area contributed by atoms with Crippen molar-refractivity contribution < 1.29 is 4.74 Å². The average Bonchev–Trinajstić information content (AvgIpc) is 3.18. The zero-order chi connectivity index (χ0) is 13.8. The van der Waals surface area contributed by atoms with Crippen molar-refractivity contribution >= 4 is 28.4 Å². The zero-order valence-corrected chi connectivity index (χ0v) is 12.7. The van der Waals surface area contributed by atoms with Crippen LogP contribution in [0, 0.1) is 0 Å². The van der Waals surface area contributed by atoms with Gasteiger partial charge in [0.1, 0.15) is 5.75 Å². The van der Waals surface area contributed by atoms with E-state index in [0.717, 1.165) is 11.4 Å². The van der Waals surface area contributed by atoms with E-state index in [1.165, 1.54) is 9.75 Å². The summed E-state index contributed by atoms with van der Waals surface area (Å²) in [6, 6.07) is 16.8. The zero-order valence-electron chi connectivity index (χ0n) is 11.1. The lowest BCUT2D eigenvalue weighted by Gasteiger charge is -2.18. The summed E-state index contributed by atoms with van der Waals surface area (Å²) in [5, 5.41) is 7.83. The molecule has 0 bridgehead atoms. The Bertz CT molecular complexity index is 613. The van der Waals surface area contributed by atoms with Crippen LogP contribution in [0.4, 0.5) is 5.69 Å². The van der Waals surface area contributed by atoms with Crippen LogP contribution in [0.15, 0.2) is 59.3 Å². The first-order valence-electron chi connectivity index (χ1n) is 6.34. The molecule has 20 heavy (non-hydrogen) atoms. The molecule has 0 saturated carbocycles. The molecule has 2 aromatic heterocycles. The van der Waals surface area contributed by atoms with Gasteiger partial charge in [0.25, 0.3) is 0 Å². The minimum atomic E-state index is 0.196. The molecule has 2 nitrogen and oxygen atoms in total. The Morgan fingerprint density at radius 3 is 2.20 bits per heavy atom. The van der Waals surface area contributed by atoms with E-state index in [9.17, 15) is 0 Å². The third-order valence-electron chi connectivity index (χ3n) is 3.04. The normalized spacial score (nSPS) is 10.7. The summed E-state index contributed by atoms with van der Waals surface area (Å²) in [5.41, 5.74) is 1.07. The van der Waals surface area contributed by atoms with Crippen molar-refractivity contribution in [3.05, 3.63) is 69.0 Å². The topological polar surface area (TPSA) is 21.3 Å². The fourth-order valence-corrected chi connectivity index (χ4v) is 3.73. The molecule has 0 fully saturated rings. The van der Waals surface area contributed by atoms with Gasteiger partial charge >= 0.3 is 0 Å². The number of hydrogen-bond donors (Lipinski definition) is 1. The molecule has 2 heterocycles. The van der Waals surface area contributed by atoms with E-state index in [1.54, 1.807) is 29.8 Å². The number of benzene rings is 1. The molecule has 0 atom stereocenters. The van der Waals surface area contributed by atoms with Crippen LogP contribution in [-0.2, 0) is 0 Å². The molecule has 1 aromatic carbocycles. The third-order valence-corrected chi connectivity index (χ3v) is 4.91. The van der Waals surface area contributed by atoms with Gasteiger partial charge in [0.15, 0.2) is 0 Å². The van der Waals surface area contributed by atoms with Gasteiger partial charge in [-0.05, 0) is 35.0 Å². The summed E-state index contributed by atoms with van der Waals surface area (Å²) in [6.45, 7) is 0. The van der Waals surface area contributed by atoms with E-state index >= 15 is 0 Å². The van der Waals surface area contributed by atoms with Crippen LogP contribution < -0.4 is 10.1 Å². The van der Waals surface area contributed by atoms with Crippen LogP contribution in [0.3, 0.4) is 0 Å². The molecule has 0 spiro atoms. The summed E-state index contributed by atoms with van der Waals surface area (Å²) in [6.07, 6.45) is 0. The van der Waals surface area contributed by atoms with Crippen molar-refractivity contribution in [3.8, 4) is 5.75 Å².